The number of quaternary nitrogens is 1. The van der Waals surface area contributed by atoms with Crippen molar-refractivity contribution in [3.05, 3.63) is 35.9 Å². The number of ether oxygens (including phenoxy) is 7. The third kappa shape index (κ3) is 16.9. The van der Waals surface area contributed by atoms with Crippen molar-refractivity contribution >= 4 is 41.8 Å². The van der Waals surface area contributed by atoms with Crippen LogP contribution >= 0.6 is 0 Å². The predicted octanol–water partition coefficient (Wildman–Crippen LogP) is 0.734. The van der Waals surface area contributed by atoms with Crippen molar-refractivity contribution in [2.45, 2.75) is 97.3 Å². The number of amides is 3. The fourth-order valence-corrected chi connectivity index (χ4v) is 5.19. The summed E-state index contributed by atoms with van der Waals surface area (Å²) >= 11 is 0. The number of rotatable bonds is 19. The molecule has 2 rings (SSSR count). The second-order valence-corrected chi connectivity index (χ2v) is 14.2. The van der Waals surface area contributed by atoms with Crippen LogP contribution in [0.15, 0.2) is 30.3 Å². The number of alkyl carbamates (subject to hydrolysis) is 1. The second-order valence-electron chi connectivity index (χ2n) is 14.2. The first-order valence-corrected chi connectivity index (χ1v) is 17.5. The monoisotopic (exact) mass is 767 g/mol. The lowest BCUT2D eigenvalue weighted by Crippen LogP contribution is -2.67. The number of carbonyl (C=O) groups is 7. The van der Waals surface area contributed by atoms with E-state index in [1.165, 1.54) is 6.92 Å². The lowest BCUT2D eigenvalue weighted by molar-refractivity contribution is -0.870. The number of carbonyl (C=O) groups excluding carboxylic acids is 7. The molecular weight excluding hydrogens is 712 g/mol. The molecule has 18 heteroatoms. The van der Waals surface area contributed by atoms with E-state index in [4.69, 9.17) is 33.2 Å². The maximum Gasteiger partial charge on any atom is 0.408 e. The smallest absolute Gasteiger partial charge is 0.408 e. The third-order valence-corrected chi connectivity index (χ3v) is 7.63. The summed E-state index contributed by atoms with van der Waals surface area (Å²) in [6, 6.07) is 4.80. The number of hydrogen-bond donors (Lipinski definition) is 3. The van der Waals surface area contributed by atoms with Gasteiger partial charge >= 0.3 is 30.0 Å². The summed E-state index contributed by atoms with van der Waals surface area (Å²) in [4.78, 5) is 88.5. The molecular formula is C36H55N4O14+. The largest absolute Gasteiger partial charge is 0.463 e. The summed E-state index contributed by atoms with van der Waals surface area (Å²) in [5, 5.41) is 7.67. The van der Waals surface area contributed by atoms with Crippen LogP contribution in [0, 0.1) is 5.92 Å². The average molecular weight is 768 g/mol. The molecule has 3 N–H and O–H groups in total. The van der Waals surface area contributed by atoms with Crippen LogP contribution in [-0.4, -0.2) is 137 Å². The summed E-state index contributed by atoms with van der Waals surface area (Å²) in [5.74, 6) is -4.50. The van der Waals surface area contributed by atoms with Gasteiger partial charge in [-0.05, 0) is 17.9 Å². The highest BCUT2D eigenvalue weighted by molar-refractivity contribution is 5.89. The Labute approximate surface area is 315 Å². The molecule has 7 atom stereocenters. The van der Waals surface area contributed by atoms with E-state index in [0.29, 0.717) is 16.6 Å². The van der Waals surface area contributed by atoms with Gasteiger partial charge in [-0.2, -0.15) is 0 Å². The fraction of sp³-hybridized carbons (Fsp3) is 0.639. The van der Waals surface area contributed by atoms with E-state index in [9.17, 15) is 33.6 Å². The maximum absolute atomic E-state index is 13.9. The Balaban J connectivity index is 2.44. The SMILES string of the molecule is CC(=O)N[C@H]1[C@H](OC[C@H](NC(=O)OCc2ccccc2)C(=O)N[C@@H](CC(C)C)C(=O)OCC[N+](C)(C)C)O[C@H](COC(C)=O)[C@@H](OC(C)=O)[C@@H]1OC(C)=O. The van der Waals surface area contributed by atoms with E-state index in [-0.39, 0.29) is 25.6 Å². The molecule has 1 aromatic rings. The van der Waals surface area contributed by atoms with Crippen LogP contribution in [-0.2, 0) is 68.5 Å². The molecule has 1 aliphatic rings. The van der Waals surface area contributed by atoms with E-state index in [1.807, 2.05) is 35.0 Å². The molecule has 0 aromatic heterocycles. The van der Waals surface area contributed by atoms with Gasteiger partial charge in [0.2, 0.25) is 11.8 Å². The molecule has 0 unspecified atom stereocenters. The number of esters is 4. The van der Waals surface area contributed by atoms with Crippen LogP contribution in [0.4, 0.5) is 4.79 Å². The van der Waals surface area contributed by atoms with Crippen molar-refractivity contribution in [2.75, 3.05) is 47.5 Å². The van der Waals surface area contributed by atoms with Crippen molar-refractivity contribution in [3.63, 3.8) is 0 Å². The first-order chi connectivity index (χ1) is 25.2. The Hall–Kier alpha value is -4.81. The molecule has 302 valence electrons. The van der Waals surface area contributed by atoms with Gasteiger partial charge in [-0.25, -0.2) is 9.59 Å². The van der Waals surface area contributed by atoms with Crippen molar-refractivity contribution in [1.82, 2.24) is 16.0 Å². The standard InChI is InChI=1S/C36H54N4O14/c1-21(2)17-27(34(46)48-16-15-40(7,8)9)38-33(45)28(39-36(47)51-18-26-13-11-10-12-14-26)19-50-35-30(37-22(3)41)32(53-25(6)44)31(52-24(5)43)29(54-35)20-49-23(4)42/h10-14,21,27-32,35H,15-20H2,1-9H3,(H2-,37,38,39,41,45,47)/p+1/t27-,28-,29+,30+,31+,32+,35+/m0/s1. The normalized spacial score (nSPS) is 20.7. The molecule has 1 fully saturated rings. The fourth-order valence-electron chi connectivity index (χ4n) is 5.19. The van der Waals surface area contributed by atoms with Gasteiger partial charge in [-0.15, -0.1) is 0 Å². The van der Waals surface area contributed by atoms with Crippen LogP contribution in [0.5, 0.6) is 0 Å². The Morgan fingerprint density at radius 2 is 1.43 bits per heavy atom. The maximum atomic E-state index is 13.9. The van der Waals surface area contributed by atoms with Gasteiger partial charge in [0, 0.05) is 27.7 Å². The zero-order valence-corrected chi connectivity index (χ0v) is 32.4. The van der Waals surface area contributed by atoms with Gasteiger partial charge in [0.15, 0.2) is 18.5 Å². The molecule has 0 bridgehead atoms. The summed E-state index contributed by atoms with van der Waals surface area (Å²) in [6.45, 7) is 7.55. The van der Waals surface area contributed by atoms with Gasteiger partial charge < -0.3 is 53.6 Å². The molecule has 0 radical (unpaired) electrons. The minimum Gasteiger partial charge on any atom is -0.463 e. The molecule has 54 heavy (non-hydrogen) atoms. The van der Waals surface area contributed by atoms with Gasteiger partial charge in [0.25, 0.3) is 0 Å². The highest BCUT2D eigenvalue weighted by Crippen LogP contribution is 2.28. The number of nitrogens with one attached hydrogen (secondary N) is 3. The topological polar surface area (TPSA) is 220 Å². The molecule has 0 saturated carbocycles. The van der Waals surface area contributed by atoms with E-state index in [0.717, 1.165) is 20.8 Å². The lowest BCUT2D eigenvalue weighted by Gasteiger charge is -2.45. The minimum atomic E-state index is -1.55. The van der Waals surface area contributed by atoms with Crippen LogP contribution < -0.4 is 16.0 Å². The quantitative estimate of drug-likeness (QED) is 0.100. The van der Waals surface area contributed by atoms with Crippen LogP contribution in [0.2, 0.25) is 0 Å². The first kappa shape index (κ1) is 45.3. The van der Waals surface area contributed by atoms with Gasteiger partial charge in [-0.1, -0.05) is 44.2 Å². The Morgan fingerprint density at radius 1 is 0.796 bits per heavy atom. The minimum absolute atomic E-state index is 0.0497. The third-order valence-electron chi connectivity index (χ3n) is 7.63. The average Bonchev–Trinajstić information content (AvgIpc) is 3.05. The van der Waals surface area contributed by atoms with Gasteiger partial charge in [-0.3, -0.25) is 24.0 Å². The van der Waals surface area contributed by atoms with Gasteiger partial charge in [0.1, 0.15) is 50.6 Å². The molecule has 0 spiro atoms. The van der Waals surface area contributed by atoms with Crippen molar-refractivity contribution < 1.29 is 71.2 Å². The molecule has 3 amide bonds. The predicted molar refractivity (Wildman–Crippen MR) is 189 cm³/mol. The Bertz CT molecular complexity index is 1430. The number of likely N-dealkylation sites (N-methyl/N-ethyl adjacent to an activating group) is 1. The van der Waals surface area contributed by atoms with Crippen molar-refractivity contribution in [3.8, 4) is 0 Å². The number of hydrogen-bond acceptors (Lipinski definition) is 14. The molecule has 18 nitrogen and oxygen atoms in total. The molecule has 1 aliphatic heterocycles. The first-order valence-electron chi connectivity index (χ1n) is 17.5. The lowest BCUT2D eigenvalue weighted by atomic mass is 9.96. The van der Waals surface area contributed by atoms with Crippen molar-refractivity contribution in [1.29, 1.82) is 0 Å². The number of nitrogens with zero attached hydrogens (tertiary/aromatic N) is 1. The van der Waals surface area contributed by atoms with Crippen LogP contribution in [0.1, 0.15) is 53.5 Å². The zero-order valence-electron chi connectivity index (χ0n) is 32.4. The van der Waals surface area contributed by atoms with Gasteiger partial charge in [0.05, 0.1) is 27.7 Å². The summed E-state index contributed by atoms with van der Waals surface area (Å²) < 4.78 is 39.4. The summed E-state index contributed by atoms with van der Waals surface area (Å²) in [7, 11) is 5.80. The van der Waals surface area contributed by atoms with Crippen molar-refractivity contribution in [2.24, 2.45) is 5.92 Å². The summed E-state index contributed by atoms with van der Waals surface area (Å²) in [5.41, 5.74) is 0.671. The molecule has 1 saturated heterocycles. The summed E-state index contributed by atoms with van der Waals surface area (Å²) in [6.07, 6.45) is -6.44. The second kappa shape index (κ2) is 21.8. The zero-order chi connectivity index (χ0) is 40.6. The Morgan fingerprint density at radius 3 is 1.98 bits per heavy atom. The molecule has 0 aliphatic carbocycles. The highest BCUT2D eigenvalue weighted by atomic mass is 16.7. The van der Waals surface area contributed by atoms with E-state index >= 15 is 0 Å². The van der Waals surface area contributed by atoms with Crippen LogP contribution in [0.3, 0.4) is 0 Å². The van der Waals surface area contributed by atoms with E-state index < -0.39 is 97.7 Å². The molecule has 1 aromatic carbocycles. The van der Waals surface area contributed by atoms with E-state index in [1.54, 1.807) is 30.3 Å². The number of benzene rings is 1. The Kier molecular flexibility index (Phi) is 18.3. The van der Waals surface area contributed by atoms with Crippen LogP contribution in [0.25, 0.3) is 0 Å². The molecule has 1 heterocycles. The highest BCUT2D eigenvalue weighted by Gasteiger charge is 2.51. The van der Waals surface area contributed by atoms with E-state index in [2.05, 4.69) is 16.0 Å².